The number of carbonyl (C=O) groups excluding carboxylic acids is 4. The molecule has 0 unspecified atom stereocenters. The van der Waals surface area contributed by atoms with Crippen molar-refractivity contribution in [2.45, 2.75) is 79.8 Å². The third-order valence-corrected chi connectivity index (χ3v) is 6.74. The Hall–Kier alpha value is -6.81. The second-order valence-corrected chi connectivity index (χ2v) is 13.6. The summed E-state index contributed by atoms with van der Waals surface area (Å²) in [5.41, 5.74) is 1.41. The SMILES string of the molecule is CC(C)OOC(=O)c1ccc(C(=O)O)cc1.CC(C)OOC(=O)c1ccc(C(=O)O)cc1.CC(C)OOC(=O)c1ccc(C(=O)O)cc1.CC(C)OOC(=O)c1ccc(C(=O)O)cc1.[Ti]. The van der Waals surface area contributed by atoms with Crippen molar-refractivity contribution in [3.63, 3.8) is 0 Å². The van der Waals surface area contributed by atoms with Crippen LogP contribution < -0.4 is 0 Å². The summed E-state index contributed by atoms with van der Waals surface area (Å²) in [5, 5.41) is 34.6. The Morgan fingerprint density at radius 1 is 0.292 bits per heavy atom. The summed E-state index contributed by atoms with van der Waals surface area (Å²) in [6, 6.07) is 21.6. The summed E-state index contributed by atoms with van der Waals surface area (Å²) in [4.78, 5) is 124. The van der Waals surface area contributed by atoms with Gasteiger partial charge < -0.3 is 20.4 Å². The van der Waals surface area contributed by atoms with Gasteiger partial charge in [0.15, 0.2) is 0 Å². The molecule has 0 aliphatic heterocycles. The topological polar surface area (TPSA) is 291 Å². The van der Waals surface area contributed by atoms with E-state index in [2.05, 4.69) is 39.1 Å². The Balaban J connectivity index is 0.000000836. The smallest absolute Gasteiger partial charge is 0.373 e. The molecule has 0 spiro atoms. The molecule has 0 aliphatic carbocycles. The molecular weight excluding hydrogens is 896 g/mol. The van der Waals surface area contributed by atoms with Crippen molar-refractivity contribution in [1.29, 1.82) is 0 Å². The Morgan fingerprint density at radius 3 is 0.523 bits per heavy atom. The van der Waals surface area contributed by atoms with Gasteiger partial charge in [-0.25, -0.2) is 38.4 Å². The largest absolute Gasteiger partial charge is 0.478 e. The Bertz CT molecular complexity index is 1840. The molecule has 0 aromatic heterocycles. The second-order valence-electron chi connectivity index (χ2n) is 13.6. The molecule has 4 aromatic carbocycles. The Kier molecular flexibility index (Phi) is 27.1. The first-order valence-electron chi connectivity index (χ1n) is 18.9. The number of hydrogen-bond donors (Lipinski definition) is 4. The van der Waals surface area contributed by atoms with Gasteiger partial charge in [-0.1, -0.05) is 0 Å². The molecule has 4 N–H and O–H groups in total. The van der Waals surface area contributed by atoms with Crippen LogP contribution in [0.3, 0.4) is 0 Å². The molecule has 0 fully saturated rings. The van der Waals surface area contributed by atoms with Crippen LogP contribution in [0, 0.1) is 0 Å². The molecule has 20 nitrogen and oxygen atoms in total. The van der Waals surface area contributed by atoms with E-state index < -0.39 is 47.8 Å². The first kappa shape index (κ1) is 58.2. The average Bonchev–Trinajstić information content (AvgIpc) is 3.26. The maximum atomic E-state index is 11.3. The van der Waals surface area contributed by atoms with Crippen molar-refractivity contribution in [1.82, 2.24) is 0 Å². The van der Waals surface area contributed by atoms with Crippen molar-refractivity contribution >= 4 is 47.8 Å². The van der Waals surface area contributed by atoms with Gasteiger partial charge in [0.25, 0.3) is 0 Å². The van der Waals surface area contributed by atoms with E-state index in [4.69, 9.17) is 20.4 Å². The fourth-order valence-corrected chi connectivity index (χ4v) is 3.75. The first-order valence-corrected chi connectivity index (χ1v) is 18.9. The minimum Gasteiger partial charge on any atom is -0.478 e. The number of carboxylic acid groups (broad SMARTS) is 4. The molecule has 0 amide bonds. The van der Waals surface area contributed by atoms with Gasteiger partial charge >= 0.3 is 47.8 Å². The molecule has 348 valence electrons. The fraction of sp³-hybridized carbons (Fsp3) is 0.273. The summed E-state index contributed by atoms with van der Waals surface area (Å²) in [5.74, 6) is -6.76. The van der Waals surface area contributed by atoms with Crippen molar-refractivity contribution < 1.29 is 120 Å². The van der Waals surface area contributed by atoms with Gasteiger partial charge in [0.05, 0.1) is 68.9 Å². The van der Waals surface area contributed by atoms with Gasteiger partial charge in [0.1, 0.15) is 0 Å². The van der Waals surface area contributed by atoms with E-state index in [0.717, 1.165) is 0 Å². The second kappa shape index (κ2) is 30.3. The predicted molar refractivity (Wildman–Crippen MR) is 220 cm³/mol. The van der Waals surface area contributed by atoms with E-state index in [1.54, 1.807) is 55.4 Å². The van der Waals surface area contributed by atoms with Gasteiger partial charge in [-0.05, 0) is 152 Å². The van der Waals surface area contributed by atoms with Gasteiger partial charge in [-0.3, -0.25) is 19.6 Å². The number of rotatable bonds is 16. The molecule has 0 aliphatic rings. The van der Waals surface area contributed by atoms with Gasteiger partial charge in [0.2, 0.25) is 0 Å². The van der Waals surface area contributed by atoms with E-state index in [0.29, 0.717) is 0 Å². The summed E-state index contributed by atoms with van der Waals surface area (Å²) in [7, 11) is 0. The van der Waals surface area contributed by atoms with E-state index in [1.165, 1.54) is 97.1 Å². The minimum atomic E-state index is -1.04. The van der Waals surface area contributed by atoms with Crippen molar-refractivity contribution in [3.05, 3.63) is 142 Å². The van der Waals surface area contributed by atoms with Crippen LogP contribution in [0.25, 0.3) is 0 Å². The van der Waals surface area contributed by atoms with Gasteiger partial charge in [-0.15, -0.1) is 0 Å². The predicted octanol–water partition coefficient (Wildman–Crippen LogP) is 7.52. The first-order chi connectivity index (χ1) is 30.0. The molecule has 4 aromatic rings. The summed E-state index contributed by atoms with van der Waals surface area (Å²) in [6.45, 7) is 13.8. The van der Waals surface area contributed by atoms with Crippen LogP contribution in [0.4, 0.5) is 0 Å². The van der Waals surface area contributed by atoms with Crippen molar-refractivity contribution in [2.75, 3.05) is 0 Å². The van der Waals surface area contributed by atoms with E-state index in [1.807, 2.05) is 0 Å². The van der Waals surface area contributed by atoms with Crippen LogP contribution in [0.15, 0.2) is 97.1 Å². The van der Waals surface area contributed by atoms with E-state index >= 15 is 0 Å². The quantitative estimate of drug-likeness (QED) is 0.0479. The van der Waals surface area contributed by atoms with Crippen LogP contribution in [-0.2, 0) is 60.8 Å². The molecule has 4 rings (SSSR count). The average molecular weight is 945 g/mol. The molecule has 0 radical (unpaired) electrons. The monoisotopic (exact) mass is 944 g/mol. The number of hydrogen-bond acceptors (Lipinski definition) is 16. The van der Waals surface area contributed by atoms with E-state index in [-0.39, 0.29) is 90.6 Å². The fourth-order valence-electron chi connectivity index (χ4n) is 3.75. The van der Waals surface area contributed by atoms with Crippen LogP contribution in [0.5, 0.6) is 0 Å². The van der Waals surface area contributed by atoms with Crippen molar-refractivity contribution in [3.8, 4) is 0 Å². The molecule has 0 saturated carbocycles. The molecule has 65 heavy (non-hydrogen) atoms. The van der Waals surface area contributed by atoms with Crippen LogP contribution in [0.1, 0.15) is 138 Å². The van der Waals surface area contributed by atoms with Crippen LogP contribution in [0.2, 0.25) is 0 Å². The summed E-state index contributed by atoms with van der Waals surface area (Å²) < 4.78 is 0. The third kappa shape index (κ3) is 24.0. The molecular formula is C44H48O20Ti. The zero-order chi connectivity index (χ0) is 48.5. The molecule has 0 heterocycles. The summed E-state index contributed by atoms with van der Waals surface area (Å²) in [6.07, 6.45) is -0.881. The number of benzene rings is 4. The zero-order valence-corrected chi connectivity index (χ0v) is 37.9. The number of aromatic carboxylic acids is 4. The Labute approximate surface area is 387 Å². The molecule has 0 atom stereocenters. The van der Waals surface area contributed by atoms with Crippen molar-refractivity contribution in [2.24, 2.45) is 0 Å². The van der Waals surface area contributed by atoms with Gasteiger partial charge in [0, 0.05) is 21.7 Å². The maximum absolute atomic E-state index is 11.3. The molecule has 0 bridgehead atoms. The maximum Gasteiger partial charge on any atom is 0.373 e. The standard InChI is InChI=1S/4C11H12O5.Ti/c4*1-7(2)15-16-11(14)9-5-3-8(4-6-9)10(12)13;/h4*3-7H,1-2H3,(H,12,13);. The van der Waals surface area contributed by atoms with Gasteiger partial charge in [-0.2, -0.15) is 19.6 Å². The normalized spacial score (nSPS) is 10.0. The van der Waals surface area contributed by atoms with Crippen LogP contribution >= 0.6 is 0 Å². The number of carboxylic acids is 4. The number of carbonyl (C=O) groups is 8. The van der Waals surface area contributed by atoms with Crippen LogP contribution in [-0.4, -0.2) is 92.6 Å². The minimum absolute atomic E-state index is 0. The molecule has 21 heteroatoms. The summed E-state index contributed by atoms with van der Waals surface area (Å²) >= 11 is 0. The zero-order valence-electron chi connectivity index (χ0n) is 36.4. The molecule has 0 saturated heterocycles. The van der Waals surface area contributed by atoms with E-state index in [9.17, 15) is 38.4 Å². The Morgan fingerprint density at radius 2 is 0.415 bits per heavy atom. The third-order valence-electron chi connectivity index (χ3n) is 6.74.